The number of benzene rings is 2. The molecule has 2 aromatic carbocycles. The standard InChI is InChI=1S/C25H29N5O3S/c1-3-25(31)26-20-8-10-22(11-9-20)34(32,33)29-21-6-4-19(5-7-21)23-12-13-24(28-27-23)30-16-14-18(2)15-17-30/h4-13,18,29H,3,14-17H2,1-2H3,(H,26,31). The molecule has 1 aliphatic rings. The number of aromatic nitrogens is 2. The Hall–Kier alpha value is -3.46. The lowest BCUT2D eigenvalue weighted by molar-refractivity contribution is -0.115. The molecule has 0 atom stereocenters. The molecule has 4 rings (SSSR count). The molecule has 0 bridgehead atoms. The normalized spacial score (nSPS) is 14.6. The second-order valence-electron chi connectivity index (χ2n) is 8.56. The second kappa shape index (κ2) is 10.2. The first-order valence-corrected chi connectivity index (χ1v) is 12.9. The van der Waals surface area contributed by atoms with Gasteiger partial charge >= 0.3 is 0 Å². The summed E-state index contributed by atoms with van der Waals surface area (Å²) < 4.78 is 28.0. The molecule has 2 heterocycles. The molecule has 3 aromatic rings. The van der Waals surface area contributed by atoms with E-state index in [9.17, 15) is 13.2 Å². The van der Waals surface area contributed by atoms with Gasteiger partial charge in [-0.15, -0.1) is 10.2 Å². The number of nitrogens with zero attached hydrogens (tertiary/aromatic N) is 3. The average molecular weight is 480 g/mol. The van der Waals surface area contributed by atoms with Crippen LogP contribution in [0.3, 0.4) is 0 Å². The summed E-state index contributed by atoms with van der Waals surface area (Å²) in [7, 11) is -3.76. The molecule has 1 amide bonds. The number of rotatable bonds is 7. The van der Waals surface area contributed by atoms with Gasteiger partial charge in [-0.25, -0.2) is 8.42 Å². The molecule has 1 aromatic heterocycles. The van der Waals surface area contributed by atoms with Gasteiger partial charge in [-0.05, 0) is 67.3 Å². The fraction of sp³-hybridized carbons (Fsp3) is 0.320. The average Bonchev–Trinajstić information content (AvgIpc) is 2.85. The molecule has 1 aliphatic heterocycles. The van der Waals surface area contributed by atoms with Crippen LogP contribution in [-0.4, -0.2) is 37.6 Å². The molecular weight excluding hydrogens is 450 g/mol. The van der Waals surface area contributed by atoms with E-state index in [1.165, 1.54) is 25.0 Å². The highest BCUT2D eigenvalue weighted by atomic mass is 32.2. The molecule has 1 fully saturated rings. The Morgan fingerprint density at radius 3 is 2.18 bits per heavy atom. The van der Waals surface area contributed by atoms with Gasteiger partial charge in [0.1, 0.15) is 0 Å². The van der Waals surface area contributed by atoms with Crippen molar-refractivity contribution in [2.45, 2.75) is 38.0 Å². The predicted octanol–water partition coefficient (Wildman–Crippen LogP) is 4.53. The molecule has 0 radical (unpaired) electrons. The molecule has 0 aliphatic carbocycles. The summed E-state index contributed by atoms with van der Waals surface area (Å²) in [5, 5.41) is 11.5. The molecule has 2 N–H and O–H groups in total. The molecule has 0 saturated carbocycles. The zero-order valence-corrected chi connectivity index (χ0v) is 20.2. The summed E-state index contributed by atoms with van der Waals surface area (Å²) in [6.07, 6.45) is 2.69. The third-order valence-electron chi connectivity index (χ3n) is 5.96. The van der Waals surface area contributed by atoms with Crippen LogP contribution >= 0.6 is 0 Å². The van der Waals surface area contributed by atoms with Crippen LogP contribution < -0.4 is 14.9 Å². The first-order chi connectivity index (χ1) is 16.3. The van der Waals surface area contributed by atoms with Crippen molar-refractivity contribution < 1.29 is 13.2 Å². The summed E-state index contributed by atoms with van der Waals surface area (Å²) in [4.78, 5) is 13.9. The summed E-state index contributed by atoms with van der Waals surface area (Å²) in [6, 6.07) is 17.0. The van der Waals surface area contributed by atoms with Crippen molar-refractivity contribution >= 4 is 33.1 Å². The molecule has 178 valence electrons. The van der Waals surface area contributed by atoms with E-state index in [0.717, 1.165) is 36.1 Å². The number of anilines is 3. The van der Waals surface area contributed by atoms with Gasteiger partial charge in [0.05, 0.1) is 10.6 Å². The van der Waals surface area contributed by atoms with Crippen LogP contribution in [0.2, 0.25) is 0 Å². The monoisotopic (exact) mass is 479 g/mol. The fourth-order valence-electron chi connectivity index (χ4n) is 3.78. The van der Waals surface area contributed by atoms with Crippen LogP contribution in [-0.2, 0) is 14.8 Å². The van der Waals surface area contributed by atoms with Crippen molar-refractivity contribution in [2.24, 2.45) is 5.92 Å². The third-order valence-corrected chi connectivity index (χ3v) is 7.36. The van der Waals surface area contributed by atoms with Gasteiger partial charge < -0.3 is 10.2 Å². The highest BCUT2D eigenvalue weighted by molar-refractivity contribution is 7.92. The quantitative estimate of drug-likeness (QED) is 0.516. The van der Waals surface area contributed by atoms with Gasteiger partial charge in [0.15, 0.2) is 5.82 Å². The van der Waals surface area contributed by atoms with E-state index >= 15 is 0 Å². The minimum absolute atomic E-state index is 0.111. The van der Waals surface area contributed by atoms with Gasteiger partial charge in [0.25, 0.3) is 10.0 Å². The SMILES string of the molecule is CCC(=O)Nc1ccc(S(=O)(=O)Nc2ccc(-c3ccc(N4CCC(C)CC4)nn3)cc2)cc1. The maximum Gasteiger partial charge on any atom is 0.261 e. The van der Waals surface area contributed by atoms with E-state index in [1.54, 1.807) is 31.2 Å². The van der Waals surface area contributed by atoms with Gasteiger partial charge in [-0.1, -0.05) is 26.0 Å². The highest BCUT2D eigenvalue weighted by Crippen LogP contribution is 2.25. The maximum atomic E-state index is 12.7. The van der Waals surface area contributed by atoms with Crippen molar-refractivity contribution in [3.05, 3.63) is 60.7 Å². The molecule has 8 nitrogen and oxygen atoms in total. The number of piperidine rings is 1. The van der Waals surface area contributed by atoms with E-state index in [0.29, 0.717) is 17.8 Å². The Kier molecular flexibility index (Phi) is 7.12. The first-order valence-electron chi connectivity index (χ1n) is 11.5. The molecule has 0 spiro atoms. The predicted molar refractivity (Wildman–Crippen MR) is 134 cm³/mol. The lowest BCUT2D eigenvalue weighted by Gasteiger charge is -2.30. The second-order valence-corrected chi connectivity index (χ2v) is 10.2. The Morgan fingerprint density at radius 1 is 0.941 bits per heavy atom. The lowest BCUT2D eigenvalue weighted by atomic mass is 9.99. The van der Waals surface area contributed by atoms with Crippen molar-refractivity contribution in [3.8, 4) is 11.3 Å². The largest absolute Gasteiger partial charge is 0.355 e. The topological polar surface area (TPSA) is 104 Å². The minimum atomic E-state index is -3.76. The summed E-state index contributed by atoms with van der Waals surface area (Å²) in [5.74, 6) is 1.52. The summed E-state index contributed by atoms with van der Waals surface area (Å²) in [5.41, 5.74) is 2.58. The van der Waals surface area contributed by atoms with Crippen LogP contribution in [0.25, 0.3) is 11.3 Å². The number of nitrogens with one attached hydrogen (secondary N) is 2. The summed E-state index contributed by atoms with van der Waals surface area (Å²) >= 11 is 0. The van der Waals surface area contributed by atoms with E-state index in [-0.39, 0.29) is 10.8 Å². The fourth-order valence-corrected chi connectivity index (χ4v) is 4.83. The number of carbonyl (C=O) groups excluding carboxylic acids is 1. The first kappa shape index (κ1) is 23.7. The van der Waals surface area contributed by atoms with Gasteiger partial charge in [0, 0.05) is 36.4 Å². The van der Waals surface area contributed by atoms with Gasteiger partial charge in [-0.3, -0.25) is 9.52 Å². The van der Waals surface area contributed by atoms with Crippen LogP contribution in [0, 0.1) is 5.92 Å². The minimum Gasteiger partial charge on any atom is -0.355 e. The Bertz CT molecular complexity index is 1220. The number of hydrogen-bond acceptors (Lipinski definition) is 6. The van der Waals surface area contributed by atoms with E-state index in [2.05, 4.69) is 32.1 Å². The summed E-state index contributed by atoms with van der Waals surface area (Å²) in [6.45, 7) is 6.03. The number of carbonyl (C=O) groups is 1. The number of sulfonamides is 1. The van der Waals surface area contributed by atoms with Crippen molar-refractivity contribution in [1.29, 1.82) is 0 Å². The number of amides is 1. The van der Waals surface area contributed by atoms with E-state index < -0.39 is 10.0 Å². The molecule has 34 heavy (non-hydrogen) atoms. The van der Waals surface area contributed by atoms with Crippen molar-refractivity contribution in [2.75, 3.05) is 28.0 Å². The zero-order chi connectivity index (χ0) is 24.1. The lowest BCUT2D eigenvalue weighted by Crippen LogP contribution is -2.33. The zero-order valence-electron chi connectivity index (χ0n) is 19.4. The molecule has 9 heteroatoms. The number of hydrogen-bond donors (Lipinski definition) is 2. The van der Waals surface area contributed by atoms with Gasteiger partial charge in [-0.2, -0.15) is 0 Å². The van der Waals surface area contributed by atoms with Crippen LogP contribution in [0.5, 0.6) is 0 Å². The molecule has 0 unspecified atom stereocenters. The smallest absolute Gasteiger partial charge is 0.261 e. The van der Waals surface area contributed by atoms with Crippen molar-refractivity contribution in [1.82, 2.24) is 10.2 Å². The Balaban J connectivity index is 1.40. The van der Waals surface area contributed by atoms with E-state index in [1.807, 2.05) is 24.3 Å². The Morgan fingerprint density at radius 2 is 1.59 bits per heavy atom. The third kappa shape index (κ3) is 5.72. The van der Waals surface area contributed by atoms with Crippen LogP contribution in [0.4, 0.5) is 17.2 Å². The Labute approximate surface area is 200 Å². The van der Waals surface area contributed by atoms with Gasteiger partial charge in [0.2, 0.25) is 5.91 Å². The maximum absolute atomic E-state index is 12.7. The molecule has 1 saturated heterocycles. The molecular formula is C25H29N5O3S. The van der Waals surface area contributed by atoms with E-state index in [4.69, 9.17) is 0 Å². The van der Waals surface area contributed by atoms with Crippen LogP contribution in [0.15, 0.2) is 65.6 Å². The van der Waals surface area contributed by atoms with Crippen LogP contribution in [0.1, 0.15) is 33.1 Å². The van der Waals surface area contributed by atoms with Crippen molar-refractivity contribution in [3.63, 3.8) is 0 Å². The highest BCUT2D eigenvalue weighted by Gasteiger charge is 2.18.